The van der Waals surface area contributed by atoms with E-state index in [0.29, 0.717) is 29.5 Å². The van der Waals surface area contributed by atoms with E-state index < -0.39 is 35.1 Å². The number of anilines is 1. The Kier molecular flexibility index (Phi) is 6.85. The van der Waals surface area contributed by atoms with Crippen LogP contribution in [0, 0.1) is 18.6 Å². The third-order valence-corrected chi connectivity index (χ3v) is 6.51. The molecule has 1 saturated heterocycles. The fraction of sp³-hybridized carbons (Fsp3) is 0.0968. The number of rotatable bonds is 6. The highest BCUT2D eigenvalue weighted by molar-refractivity contribution is 6.51. The summed E-state index contributed by atoms with van der Waals surface area (Å²) in [5.41, 5.74) is 1.64. The fourth-order valence-electron chi connectivity index (χ4n) is 4.58. The average Bonchev–Trinajstić information content (AvgIpc) is 3.18. The number of aliphatic hydroxyl groups excluding tert-OH is 1. The molecule has 1 amide bonds. The Morgan fingerprint density at radius 2 is 1.64 bits per heavy atom. The van der Waals surface area contributed by atoms with Gasteiger partial charge in [0.1, 0.15) is 35.5 Å². The second-order valence-electron chi connectivity index (χ2n) is 9.11. The minimum absolute atomic E-state index is 0.0645. The van der Waals surface area contributed by atoms with Crippen LogP contribution >= 0.6 is 0 Å². The molecule has 0 radical (unpaired) electrons. The van der Waals surface area contributed by atoms with Crippen LogP contribution in [0.25, 0.3) is 5.76 Å². The van der Waals surface area contributed by atoms with Gasteiger partial charge >= 0.3 is 0 Å². The van der Waals surface area contributed by atoms with Gasteiger partial charge in [-0.05, 0) is 66.1 Å². The molecule has 2 N–H and O–H groups in total. The summed E-state index contributed by atoms with van der Waals surface area (Å²) in [6.07, 6.45) is 0. The van der Waals surface area contributed by atoms with Gasteiger partial charge < -0.3 is 14.9 Å². The Hall–Kier alpha value is -4.98. The number of Topliss-reactive ketones (excluding diaryl/α,β-unsaturated/α-hetero) is 1. The molecule has 4 aromatic carbocycles. The molecule has 6 nitrogen and oxygen atoms in total. The van der Waals surface area contributed by atoms with Crippen molar-refractivity contribution in [3.63, 3.8) is 0 Å². The number of phenolic OH excluding ortho intramolecular Hbond substituents is 1. The largest absolute Gasteiger partial charge is 0.508 e. The first kappa shape index (κ1) is 25.7. The summed E-state index contributed by atoms with van der Waals surface area (Å²) in [7, 11) is 0. The molecule has 1 heterocycles. The third-order valence-electron chi connectivity index (χ3n) is 6.51. The molecule has 1 aliphatic rings. The summed E-state index contributed by atoms with van der Waals surface area (Å²) < 4.78 is 34.3. The van der Waals surface area contributed by atoms with E-state index in [9.17, 15) is 28.6 Å². The molecule has 5 rings (SSSR count). The minimum atomic E-state index is -1.24. The van der Waals surface area contributed by atoms with Crippen LogP contribution in [-0.2, 0) is 16.2 Å². The predicted octanol–water partition coefficient (Wildman–Crippen LogP) is 6.18. The molecule has 0 saturated carbocycles. The lowest BCUT2D eigenvalue weighted by atomic mass is 9.94. The Morgan fingerprint density at radius 1 is 0.923 bits per heavy atom. The van der Waals surface area contributed by atoms with Crippen molar-refractivity contribution >= 4 is 23.1 Å². The number of aryl methyl sites for hydroxylation is 1. The zero-order valence-electron chi connectivity index (χ0n) is 20.8. The van der Waals surface area contributed by atoms with Crippen molar-refractivity contribution in [1.29, 1.82) is 0 Å². The van der Waals surface area contributed by atoms with Gasteiger partial charge in [-0.3, -0.25) is 14.5 Å². The van der Waals surface area contributed by atoms with Gasteiger partial charge in [0.25, 0.3) is 11.7 Å². The number of nitrogens with zero attached hydrogens (tertiary/aromatic N) is 1. The van der Waals surface area contributed by atoms with E-state index in [1.54, 1.807) is 25.1 Å². The highest BCUT2D eigenvalue weighted by Gasteiger charge is 2.47. The number of hydrogen-bond donors (Lipinski definition) is 2. The number of ketones is 1. The molecular formula is C31H23F2NO5. The van der Waals surface area contributed by atoms with Crippen molar-refractivity contribution < 1.29 is 33.3 Å². The van der Waals surface area contributed by atoms with Gasteiger partial charge in [0.15, 0.2) is 0 Å². The number of amides is 1. The van der Waals surface area contributed by atoms with Gasteiger partial charge in [-0.1, -0.05) is 42.5 Å². The number of carbonyl (C=O) groups is 2. The summed E-state index contributed by atoms with van der Waals surface area (Å²) in [5, 5.41) is 21.1. The van der Waals surface area contributed by atoms with Crippen LogP contribution in [-0.4, -0.2) is 21.9 Å². The molecule has 0 aromatic heterocycles. The van der Waals surface area contributed by atoms with Crippen molar-refractivity contribution in [1.82, 2.24) is 0 Å². The maximum absolute atomic E-state index is 14.8. The predicted molar refractivity (Wildman–Crippen MR) is 141 cm³/mol. The summed E-state index contributed by atoms with van der Waals surface area (Å²) in [6.45, 7) is 2.11. The summed E-state index contributed by atoms with van der Waals surface area (Å²) in [6, 6.07) is 21.4. The molecule has 1 atom stereocenters. The Bertz CT molecular complexity index is 1600. The number of ether oxygens (including phenoxy) is 1. The van der Waals surface area contributed by atoms with Crippen LogP contribution in [0.3, 0.4) is 0 Å². The zero-order valence-corrected chi connectivity index (χ0v) is 20.8. The van der Waals surface area contributed by atoms with Crippen LogP contribution in [0.2, 0.25) is 0 Å². The molecule has 196 valence electrons. The van der Waals surface area contributed by atoms with E-state index in [1.165, 1.54) is 24.3 Å². The standard InChI is InChI=1S/C31H23F2NO5/c1-18-15-21(9-14-26(18)39-17-19-5-3-2-4-6-19)29(36)27-28(20-7-11-23(35)12-8-20)34(31(38)30(27)37)25-13-10-22(32)16-24(25)33/h2-16,28,35-36H,17H2,1H3/b29-27+. The SMILES string of the molecule is Cc1cc(/C(O)=C2\C(=O)C(=O)N(c3ccc(F)cc3F)C2c2ccc(O)cc2)ccc1OCc1ccccc1. The number of hydrogen-bond acceptors (Lipinski definition) is 5. The number of aliphatic hydroxyl groups is 1. The van der Waals surface area contributed by atoms with Crippen molar-refractivity contribution in [3.05, 3.63) is 130 Å². The van der Waals surface area contributed by atoms with E-state index in [0.717, 1.165) is 22.6 Å². The summed E-state index contributed by atoms with van der Waals surface area (Å²) in [5.74, 6) is -3.97. The number of benzene rings is 4. The van der Waals surface area contributed by atoms with E-state index in [2.05, 4.69) is 0 Å². The molecular weight excluding hydrogens is 504 g/mol. The van der Waals surface area contributed by atoms with E-state index in [-0.39, 0.29) is 22.6 Å². The van der Waals surface area contributed by atoms with Crippen LogP contribution in [0.15, 0.2) is 96.6 Å². The van der Waals surface area contributed by atoms with E-state index in [1.807, 2.05) is 30.3 Å². The molecule has 1 unspecified atom stereocenters. The highest BCUT2D eigenvalue weighted by atomic mass is 19.1. The summed E-state index contributed by atoms with van der Waals surface area (Å²) in [4.78, 5) is 27.3. The summed E-state index contributed by atoms with van der Waals surface area (Å²) >= 11 is 0. The first-order valence-corrected chi connectivity index (χ1v) is 12.1. The quantitative estimate of drug-likeness (QED) is 0.178. The molecule has 0 aliphatic carbocycles. The topological polar surface area (TPSA) is 87.1 Å². The van der Waals surface area contributed by atoms with Crippen LogP contribution in [0.4, 0.5) is 14.5 Å². The fourth-order valence-corrected chi connectivity index (χ4v) is 4.58. The van der Waals surface area contributed by atoms with Crippen LogP contribution in [0.5, 0.6) is 11.5 Å². The number of phenols is 1. The first-order chi connectivity index (χ1) is 18.7. The number of aromatic hydroxyl groups is 1. The highest BCUT2D eigenvalue weighted by Crippen LogP contribution is 2.43. The normalized spacial score (nSPS) is 16.5. The van der Waals surface area contributed by atoms with Crippen molar-refractivity contribution in [2.24, 2.45) is 0 Å². The van der Waals surface area contributed by atoms with Gasteiger partial charge in [0.05, 0.1) is 17.3 Å². The first-order valence-electron chi connectivity index (χ1n) is 12.1. The Labute approximate surface area is 223 Å². The molecule has 0 spiro atoms. The number of carbonyl (C=O) groups excluding carboxylic acids is 2. The minimum Gasteiger partial charge on any atom is -0.508 e. The maximum Gasteiger partial charge on any atom is 0.300 e. The smallest absolute Gasteiger partial charge is 0.300 e. The lowest BCUT2D eigenvalue weighted by Crippen LogP contribution is -2.30. The molecule has 1 aliphatic heterocycles. The van der Waals surface area contributed by atoms with Gasteiger partial charge in [-0.2, -0.15) is 0 Å². The Balaban J connectivity index is 1.57. The van der Waals surface area contributed by atoms with E-state index >= 15 is 0 Å². The molecule has 8 heteroatoms. The number of halogens is 2. The average molecular weight is 528 g/mol. The van der Waals surface area contributed by atoms with Gasteiger partial charge in [0, 0.05) is 11.6 Å². The van der Waals surface area contributed by atoms with E-state index in [4.69, 9.17) is 4.74 Å². The van der Waals surface area contributed by atoms with Gasteiger partial charge in [-0.15, -0.1) is 0 Å². The third kappa shape index (κ3) is 4.96. The monoisotopic (exact) mass is 527 g/mol. The zero-order chi connectivity index (χ0) is 27.7. The lowest BCUT2D eigenvalue weighted by Gasteiger charge is -2.26. The van der Waals surface area contributed by atoms with Crippen molar-refractivity contribution in [2.45, 2.75) is 19.6 Å². The molecule has 0 bridgehead atoms. The van der Waals surface area contributed by atoms with Gasteiger partial charge in [0.2, 0.25) is 0 Å². The molecule has 4 aromatic rings. The lowest BCUT2D eigenvalue weighted by molar-refractivity contribution is -0.132. The van der Waals surface area contributed by atoms with Crippen molar-refractivity contribution in [3.8, 4) is 11.5 Å². The second-order valence-corrected chi connectivity index (χ2v) is 9.11. The molecule has 39 heavy (non-hydrogen) atoms. The molecule has 1 fully saturated rings. The van der Waals surface area contributed by atoms with Crippen LogP contribution in [0.1, 0.15) is 28.3 Å². The maximum atomic E-state index is 14.8. The Morgan fingerprint density at radius 3 is 2.31 bits per heavy atom. The van der Waals surface area contributed by atoms with Crippen LogP contribution < -0.4 is 9.64 Å². The second kappa shape index (κ2) is 10.4. The van der Waals surface area contributed by atoms with Gasteiger partial charge in [-0.25, -0.2) is 8.78 Å². The van der Waals surface area contributed by atoms with Crippen molar-refractivity contribution in [2.75, 3.05) is 4.90 Å².